The Bertz CT molecular complexity index is 844. The standard InChI is InChI=1S/C10H11FN2O3.C6H3F2NO2/c11-9-7-8(13(14)15)1-2-10(9)12-3-5-16-6-4-12;7-5-2-1-4(9(10)11)3-6(5)8/h1-2,7H,3-6H2;1-3H. The molecular formula is C16H14F3N3O5. The van der Waals surface area contributed by atoms with E-state index in [9.17, 15) is 33.4 Å². The first-order valence-electron chi connectivity index (χ1n) is 7.65. The van der Waals surface area contributed by atoms with Gasteiger partial charge in [0.25, 0.3) is 11.4 Å². The molecule has 0 N–H and O–H groups in total. The molecule has 1 aliphatic rings. The van der Waals surface area contributed by atoms with Crippen LogP contribution in [0.3, 0.4) is 0 Å². The molecular weight excluding hydrogens is 371 g/mol. The van der Waals surface area contributed by atoms with E-state index in [0.29, 0.717) is 44.1 Å². The van der Waals surface area contributed by atoms with Crippen LogP contribution in [0.1, 0.15) is 0 Å². The van der Waals surface area contributed by atoms with Gasteiger partial charge in [-0.2, -0.15) is 0 Å². The maximum absolute atomic E-state index is 13.6. The predicted molar refractivity (Wildman–Crippen MR) is 89.1 cm³/mol. The maximum Gasteiger partial charge on any atom is 0.272 e. The highest BCUT2D eigenvalue weighted by Crippen LogP contribution is 2.24. The van der Waals surface area contributed by atoms with Crippen molar-refractivity contribution in [3.05, 3.63) is 74.1 Å². The van der Waals surface area contributed by atoms with Crippen molar-refractivity contribution in [2.24, 2.45) is 0 Å². The van der Waals surface area contributed by atoms with E-state index in [4.69, 9.17) is 4.74 Å². The molecule has 3 rings (SSSR count). The highest BCUT2D eigenvalue weighted by Gasteiger charge is 2.17. The highest BCUT2D eigenvalue weighted by atomic mass is 19.2. The fourth-order valence-corrected chi connectivity index (χ4v) is 2.27. The molecule has 0 amide bonds. The molecule has 8 nitrogen and oxygen atoms in total. The first kappa shape index (κ1) is 20.1. The van der Waals surface area contributed by atoms with E-state index in [1.165, 1.54) is 12.1 Å². The van der Waals surface area contributed by atoms with Crippen molar-refractivity contribution >= 4 is 17.1 Å². The number of hydrogen-bond donors (Lipinski definition) is 0. The summed E-state index contributed by atoms with van der Waals surface area (Å²) in [6, 6.07) is 5.86. The molecule has 1 fully saturated rings. The fourth-order valence-electron chi connectivity index (χ4n) is 2.27. The van der Waals surface area contributed by atoms with Crippen molar-refractivity contribution in [2.45, 2.75) is 0 Å². The monoisotopic (exact) mass is 385 g/mol. The summed E-state index contributed by atoms with van der Waals surface area (Å²) in [7, 11) is 0. The molecule has 2 aromatic carbocycles. The minimum absolute atomic E-state index is 0.227. The van der Waals surface area contributed by atoms with Gasteiger partial charge < -0.3 is 9.64 Å². The molecule has 0 unspecified atom stereocenters. The number of ether oxygens (including phenoxy) is 1. The molecule has 1 heterocycles. The molecule has 1 saturated heterocycles. The van der Waals surface area contributed by atoms with E-state index in [2.05, 4.69) is 0 Å². The summed E-state index contributed by atoms with van der Waals surface area (Å²) in [6.45, 7) is 2.32. The zero-order valence-corrected chi connectivity index (χ0v) is 13.8. The second-order valence-electron chi connectivity index (χ2n) is 5.35. The molecule has 0 radical (unpaired) electrons. The topological polar surface area (TPSA) is 98.8 Å². The van der Waals surface area contributed by atoms with Crippen LogP contribution in [0.4, 0.5) is 30.2 Å². The fraction of sp³-hybridized carbons (Fsp3) is 0.250. The molecule has 0 aliphatic carbocycles. The lowest BCUT2D eigenvalue weighted by atomic mass is 10.2. The number of hydrogen-bond acceptors (Lipinski definition) is 6. The van der Waals surface area contributed by atoms with Crippen LogP contribution in [0.5, 0.6) is 0 Å². The lowest BCUT2D eigenvalue weighted by Crippen LogP contribution is -2.36. The Morgan fingerprint density at radius 2 is 1.33 bits per heavy atom. The van der Waals surface area contributed by atoms with Gasteiger partial charge in [-0.15, -0.1) is 0 Å². The number of nitro groups is 2. The largest absolute Gasteiger partial charge is 0.378 e. The van der Waals surface area contributed by atoms with Gasteiger partial charge in [-0.3, -0.25) is 20.2 Å². The summed E-state index contributed by atoms with van der Waals surface area (Å²) in [5.41, 5.74) is -0.285. The van der Waals surface area contributed by atoms with Crippen molar-refractivity contribution in [3.63, 3.8) is 0 Å². The summed E-state index contributed by atoms with van der Waals surface area (Å²) in [5, 5.41) is 20.4. The Balaban J connectivity index is 0.000000208. The zero-order valence-electron chi connectivity index (χ0n) is 13.8. The summed E-state index contributed by atoms with van der Waals surface area (Å²) in [5.74, 6) is -2.86. The second kappa shape index (κ2) is 8.94. The molecule has 2 aromatic rings. The Morgan fingerprint density at radius 3 is 1.81 bits per heavy atom. The first-order chi connectivity index (χ1) is 12.8. The quantitative estimate of drug-likeness (QED) is 0.593. The smallest absolute Gasteiger partial charge is 0.272 e. The highest BCUT2D eigenvalue weighted by molar-refractivity contribution is 5.52. The van der Waals surface area contributed by atoms with Crippen molar-refractivity contribution in [3.8, 4) is 0 Å². The second-order valence-corrected chi connectivity index (χ2v) is 5.35. The van der Waals surface area contributed by atoms with Gasteiger partial charge in [-0.1, -0.05) is 0 Å². The van der Waals surface area contributed by atoms with Gasteiger partial charge >= 0.3 is 0 Å². The van der Waals surface area contributed by atoms with Gasteiger partial charge in [-0.05, 0) is 12.1 Å². The van der Waals surface area contributed by atoms with Crippen LogP contribution >= 0.6 is 0 Å². The van der Waals surface area contributed by atoms with Gasteiger partial charge in [0.05, 0.1) is 40.9 Å². The van der Waals surface area contributed by atoms with Crippen molar-refractivity contribution in [1.82, 2.24) is 0 Å². The summed E-state index contributed by atoms with van der Waals surface area (Å²) >= 11 is 0. The summed E-state index contributed by atoms with van der Waals surface area (Å²) in [4.78, 5) is 20.9. The van der Waals surface area contributed by atoms with E-state index >= 15 is 0 Å². The van der Waals surface area contributed by atoms with Crippen LogP contribution in [0.25, 0.3) is 0 Å². The van der Waals surface area contributed by atoms with E-state index < -0.39 is 33.0 Å². The minimum atomic E-state index is -1.21. The van der Waals surface area contributed by atoms with Crippen LogP contribution in [0.2, 0.25) is 0 Å². The molecule has 1 aliphatic heterocycles. The maximum atomic E-state index is 13.6. The number of halogens is 3. The van der Waals surface area contributed by atoms with Crippen molar-refractivity contribution < 1.29 is 27.8 Å². The summed E-state index contributed by atoms with van der Waals surface area (Å²) < 4.78 is 43.2. The first-order valence-corrected chi connectivity index (χ1v) is 7.65. The molecule has 0 atom stereocenters. The van der Waals surface area contributed by atoms with Crippen molar-refractivity contribution in [2.75, 3.05) is 31.2 Å². The van der Waals surface area contributed by atoms with E-state index in [0.717, 1.165) is 12.1 Å². The van der Waals surface area contributed by atoms with Crippen LogP contribution in [0, 0.1) is 37.7 Å². The van der Waals surface area contributed by atoms with Crippen LogP contribution in [0.15, 0.2) is 36.4 Å². The number of nitro benzene ring substituents is 2. The minimum Gasteiger partial charge on any atom is -0.378 e. The Hall–Kier alpha value is -3.21. The number of anilines is 1. The number of benzene rings is 2. The third-order valence-electron chi connectivity index (χ3n) is 3.61. The normalized spacial score (nSPS) is 13.5. The Morgan fingerprint density at radius 1 is 0.815 bits per heavy atom. The van der Waals surface area contributed by atoms with Gasteiger partial charge in [0.1, 0.15) is 0 Å². The van der Waals surface area contributed by atoms with Crippen LogP contribution < -0.4 is 4.90 Å². The van der Waals surface area contributed by atoms with E-state index in [1.54, 1.807) is 0 Å². The van der Waals surface area contributed by atoms with E-state index in [-0.39, 0.29) is 5.69 Å². The molecule has 144 valence electrons. The van der Waals surface area contributed by atoms with Crippen LogP contribution in [-0.2, 0) is 4.74 Å². The third kappa shape index (κ3) is 5.38. The zero-order chi connectivity index (χ0) is 20.0. The molecule has 0 bridgehead atoms. The molecule has 27 heavy (non-hydrogen) atoms. The number of non-ortho nitro benzene ring substituents is 2. The van der Waals surface area contributed by atoms with Gasteiger partial charge in [0.15, 0.2) is 17.5 Å². The lowest BCUT2D eigenvalue weighted by Gasteiger charge is -2.28. The lowest BCUT2D eigenvalue weighted by molar-refractivity contribution is -0.385. The number of rotatable bonds is 3. The Labute approximate surface area is 151 Å². The number of morpholine rings is 1. The summed E-state index contributed by atoms with van der Waals surface area (Å²) in [6.07, 6.45) is 0. The van der Waals surface area contributed by atoms with Gasteiger partial charge in [0.2, 0.25) is 0 Å². The molecule has 0 saturated carbocycles. The van der Waals surface area contributed by atoms with Gasteiger partial charge in [-0.25, -0.2) is 13.2 Å². The average Bonchev–Trinajstić information content (AvgIpc) is 2.65. The predicted octanol–water partition coefficient (Wildman–Crippen LogP) is 3.44. The third-order valence-corrected chi connectivity index (χ3v) is 3.61. The Kier molecular flexibility index (Phi) is 6.66. The number of nitrogens with zero attached hydrogens (tertiary/aromatic N) is 3. The van der Waals surface area contributed by atoms with Gasteiger partial charge in [0, 0.05) is 25.2 Å². The van der Waals surface area contributed by atoms with Crippen molar-refractivity contribution in [1.29, 1.82) is 0 Å². The SMILES string of the molecule is O=[N+]([O-])c1ccc(F)c(F)c1.O=[N+]([O-])c1ccc(N2CCOCC2)c(F)c1. The average molecular weight is 385 g/mol. The van der Waals surface area contributed by atoms with Crippen LogP contribution in [-0.4, -0.2) is 36.1 Å². The molecule has 0 aromatic heterocycles. The van der Waals surface area contributed by atoms with E-state index in [1.807, 2.05) is 4.90 Å². The molecule has 11 heteroatoms. The molecule has 0 spiro atoms.